The summed E-state index contributed by atoms with van der Waals surface area (Å²) < 4.78 is 0. The average Bonchev–Trinajstić information content (AvgIpc) is 2.67. The maximum atomic E-state index is 5.61. The molecule has 0 aliphatic carbocycles. The Kier molecular flexibility index (Phi) is 2.27. The predicted octanol–water partition coefficient (Wildman–Crippen LogP) is 2.21. The highest BCUT2D eigenvalue weighted by Gasteiger charge is 2.01. The number of pyridine rings is 1. The minimum absolute atomic E-state index is 0.396. The molecule has 0 bridgehead atoms. The number of hydrogen-bond acceptors (Lipinski definition) is 2. The van der Waals surface area contributed by atoms with Gasteiger partial charge in [0, 0.05) is 6.20 Å². The molecule has 0 aliphatic heterocycles. The van der Waals surface area contributed by atoms with Crippen molar-refractivity contribution in [1.29, 1.82) is 0 Å². The van der Waals surface area contributed by atoms with Crippen molar-refractivity contribution in [2.45, 2.75) is 5.88 Å². The van der Waals surface area contributed by atoms with E-state index in [-0.39, 0.29) is 0 Å². The van der Waals surface area contributed by atoms with E-state index in [9.17, 15) is 0 Å². The number of aromatic amines is 1. The van der Waals surface area contributed by atoms with Crippen LogP contribution in [-0.2, 0) is 5.88 Å². The summed E-state index contributed by atoms with van der Waals surface area (Å²) in [6.45, 7) is 0. The lowest BCUT2D eigenvalue weighted by Gasteiger charge is -1.93. The van der Waals surface area contributed by atoms with E-state index >= 15 is 0 Å². The molecule has 0 radical (unpaired) electrons. The summed E-state index contributed by atoms with van der Waals surface area (Å²) in [6, 6.07) is 5.73. The van der Waals surface area contributed by atoms with Gasteiger partial charge >= 0.3 is 0 Å². The van der Waals surface area contributed by atoms with Crippen LogP contribution in [0.2, 0.25) is 0 Å². The molecule has 66 valence electrons. The smallest absolute Gasteiger partial charge is 0.121 e. The van der Waals surface area contributed by atoms with Gasteiger partial charge in [0.05, 0.1) is 23.5 Å². The van der Waals surface area contributed by atoms with Gasteiger partial charge in [-0.2, -0.15) is 0 Å². The molecule has 0 unspecified atom stereocenters. The molecular formula is C9H8ClN3. The van der Waals surface area contributed by atoms with Gasteiger partial charge in [0.15, 0.2) is 0 Å². The fourth-order valence-corrected chi connectivity index (χ4v) is 1.22. The number of nitrogens with one attached hydrogen (secondary N) is 1. The zero-order chi connectivity index (χ0) is 9.10. The number of aromatic nitrogens is 3. The second-order valence-electron chi connectivity index (χ2n) is 2.59. The summed E-state index contributed by atoms with van der Waals surface area (Å²) in [5.74, 6) is 1.16. The summed E-state index contributed by atoms with van der Waals surface area (Å²) in [5, 5.41) is 0. The van der Waals surface area contributed by atoms with Crippen LogP contribution >= 0.6 is 11.6 Å². The molecule has 0 atom stereocenters. The number of alkyl halides is 1. The third kappa shape index (κ3) is 1.70. The number of nitrogens with zero attached hydrogens (tertiary/aromatic N) is 2. The van der Waals surface area contributed by atoms with Gasteiger partial charge in [0.25, 0.3) is 0 Å². The topological polar surface area (TPSA) is 41.6 Å². The first kappa shape index (κ1) is 8.26. The van der Waals surface area contributed by atoms with Crippen molar-refractivity contribution in [2.75, 3.05) is 0 Å². The van der Waals surface area contributed by atoms with Crippen molar-refractivity contribution in [3.63, 3.8) is 0 Å². The minimum Gasteiger partial charge on any atom is -0.340 e. The Morgan fingerprint density at radius 2 is 2.23 bits per heavy atom. The van der Waals surface area contributed by atoms with Gasteiger partial charge < -0.3 is 4.98 Å². The van der Waals surface area contributed by atoms with Crippen molar-refractivity contribution in [3.8, 4) is 11.4 Å². The van der Waals surface area contributed by atoms with Crippen LogP contribution in [0.5, 0.6) is 0 Å². The predicted molar refractivity (Wildman–Crippen MR) is 51.4 cm³/mol. The molecule has 0 spiro atoms. The quantitative estimate of drug-likeness (QED) is 0.743. The molecule has 0 saturated carbocycles. The van der Waals surface area contributed by atoms with Gasteiger partial charge in [-0.1, -0.05) is 6.07 Å². The molecule has 2 aromatic heterocycles. The molecule has 2 heterocycles. The molecule has 3 nitrogen and oxygen atoms in total. The minimum atomic E-state index is 0.396. The van der Waals surface area contributed by atoms with Crippen LogP contribution in [0.4, 0.5) is 0 Å². The highest BCUT2D eigenvalue weighted by molar-refractivity contribution is 6.16. The largest absolute Gasteiger partial charge is 0.340 e. The zero-order valence-electron chi connectivity index (χ0n) is 6.87. The maximum Gasteiger partial charge on any atom is 0.121 e. The molecular weight excluding hydrogens is 186 g/mol. The Labute approximate surface area is 80.8 Å². The average molecular weight is 194 g/mol. The van der Waals surface area contributed by atoms with Gasteiger partial charge in [-0.3, -0.25) is 4.98 Å². The van der Waals surface area contributed by atoms with Gasteiger partial charge in [-0.25, -0.2) is 4.98 Å². The Morgan fingerprint density at radius 3 is 2.85 bits per heavy atom. The highest BCUT2D eigenvalue weighted by Crippen LogP contribution is 2.13. The number of hydrogen-bond donors (Lipinski definition) is 1. The van der Waals surface area contributed by atoms with Crippen LogP contribution in [0.15, 0.2) is 30.6 Å². The summed E-state index contributed by atoms with van der Waals surface area (Å²) in [4.78, 5) is 11.3. The van der Waals surface area contributed by atoms with Crippen molar-refractivity contribution in [1.82, 2.24) is 15.0 Å². The number of halogens is 1. The highest BCUT2D eigenvalue weighted by atomic mass is 35.5. The number of rotatable bonds is 2. The van der Waals surface area contributed by atoms with Gasteiger partial charge in [-0.15, -0.1) is 11.6 Å². The van der Waals surface area contributed by atoms with E-state index in [1.54, 1.807) is 12.4 Å². The first-order chi connectivity index (χ1) is 6.40. The van der Waals surface area contributed by atoms with E-state index < -0.39 is 0 Å². The third-order valence-electron chi connectivity index (χ3n) is 1.70. The third-order valence-corrected chi connectivity index (χ3v) is 1.95. The van der Waals surface area contributed by atoms with E-state index in [4.69, 9.17) is 11.6 Å². The number of H-pyrrole nitrogens is 1. The Hall–Kier alpha value is -1.35. The van der Waals surface area contributed by atoms with Crippen LogP contribution in [0.3, 0.4) is 0 Å². The lowest BCUT2D eigenvalue weighted by Crippen LogP contribution is -1.82. The van der Waals surface area contributed by atoms with Crippen LogP contribution in [-0.4, -0.2) is 15.0 Å². The normalized spacial score (nSPS) is 10.2. The zero-order valence-corrected chi connectivity index (χ0v) is 7.62. The maximum absolute atomic E-state index is 5.61. The van der Waals surface area contributed by atoms with E-state index in [0.29, 0.717) is 5.88 Å². The summed E-state index contributed by atoms with van der Waals surface area (Å²) in [5.41, 5.74) is 1.78. The standard InChI is InChI=1S/C9H8ClN3/c10-5-9-12-6-8(13-9)7-3-1-2-4-11-7/h1-4,6H,5H2,(H,12,13). The molecule has 0 aliphatic rings. The molecule has 0 aromatic carbocycles. The Bertz CT molecular complexity index is 383. The first-order valence-corrected chi connectivity index (χ1v) is 4.45. The van der Waals surface area contributed by atoms with Crippen LogP contribution in [0, 0.1) is 0 Å². The Balaban J connectivity index is 2.36. The summed E-state index contributed by atoms with van der Waals surface area (Å²) in [6.07, 6.45) is 3.48. The molecule has 0 amide bonds. The van der Waals surface area contributed by atoms with Crippen molar-refractivity contribution >= 4 is 11.6 Å². The Morgan fingerprint density at radius 1 is 1.31 bits per heavy atom. The van der Waals surface area contributed by atoms with E-state index in [0.717, 1.165) is 17.2 Å². The molecule has 13 heavy (non-hydrogen) atoms. The number of imidazole rings is 1. The van der Waals surface area contributed by atoms with E-state index in [2.05, 4.69) is 15.0 Å². The van der Waals surface area contributed by atoms with E-state index in [1.807, 2.05) is 18.2 Å². The first-order valence-electron chi connectivity index (χ1n) is 3.91. The van der Waals surface area contributed by atoms with Gasteiger partial charge in [-0.05, 0) is 12.1 Å². The van der Waals surface area contributed by atoms with Gasteiger partial charge in [0.2, 0.25) is 0 Å². The van der Waals surface area contributed by atoms with Crippen LogP contribution < -0.4 is 0 Å². The monoisotopic (exact) mass is 193 g/mol. The fraction of sp³-hybridized carbons (Fsp3) is 0.111. The molecule has 2 aromatic rings. The molecule has 1 N–H and O–H groups in total. The van der Waals surface area contributed by atoms with E-state index in [1.165, 1.54) is 0 Å². The lowest BCUT2D eigenvalue weighted by atomic mass is 10.3. The van der Waals surface area contributed by atoms with Crippen molar-refractivity contribution < 1.29 is 0 Å². The lowest BCUT2D eigenvalue weighted by molar-refractivity contribution is 1.11. The molecule has 4 heteroatoms. The van der Waals surface area contributed by atoms with Crippen LogP contribution in [0.1, 0.15) is 5.82 Å². The summed E-state index contributed by atoms with van der Waals surface area (Å²) >= 11 is 5.61. The van der Waals surface area contributed by atoms with Crippen molar-refractivity contribution in [3.05, 3.63) is 36.4 Å². The summed E-state index contributed by atoms with van der Waals surface area (Å²) in [7, 11) is 0. The molecule has 0 saturated heterocycles. The van der Waals surface area contributed by atoms with Crippen LogP contribution in [0.25, 0.3) is 11.4 Å². The molecule has 2 rings (SSSR count). The molecule has 0 fully saturated rings. The fourth-order valence-electron chi connectivity index (χ4n) is 1.08. The SMILES string of the molecule is ClCc1ncc(-c2ccccn2)[nH]1. The second kappa shape index (κ2) is 3.58. The van der Waals surface area contributed by atoms with Gasteiger partial charge in [0.1, 0.15) is 5.82 Å². The second-order valence-corrected chi connectivity index (χ2v) is 2.86. The van der Waals surface area contributed by atoms with Crippen molar-refractivity contribution in [2.24, 2.45) is 0 Å².